The van der Waals surface area contributed by atoms with Crippen LogP contribution in [-0.4, -0.2) is 25.8 Å². The average molecular weight is 344 g/mol. The Hall–Kier alpha value is -1.54. The van der Waals surface area contributed by atoms with Crippen molar-refractivity contribution in [1.82, 2.24) is 14.8 Å². The Morgan fingerprint density at radius 1 is 1.53 bits per heavy atom. The van der Waals surface area contributed by atoms with E-state index in [1.807, 2.05) is 6.92 Å². The van der Waals surface area contributed by atoms with Crippen LogP contribution >= 0.6 is 27.7 Å². The molecule has 2 aromatic rings. The molecule has 100 valence electrons. The van der Waals surface area contributed by atoms with Crippen molar-refractivity contribution >= 4 is 33.7 Å². The minimum atomic E-state index is -1.00. The van der Waals surface area contributed by atoms with Gasteiger partial charge in [0.25, 0.3) is 0 Å². The van der Waals surface area contributed by atoms with E-state index in [1.165, 1.54) is 28.5 Å². The molecule has 0 amide bonds. The summed E-state index contributed by atoms with van der Waals surface area (Å²) >= 11 is 4.49. The second-order valence-electron chi connectivity index (χ2n) is 3.64. The van der Waals surface area contributed by atoms with Crippen LogP contribution in [0.1, 0.15) is 17.3 Å². The molecule has 6 nitrogen and oxygen atoms in total. The second-order valence-corrected chi connectivity index (χ2v) is 5.59. The first-order valence-corrected chi connectivity index (χ1v) is 6.99. The zero-order valence-electron chi connectivity index (χ0n) is 9.88. The smallest absolute Gasteiger partial charge is 0.343 e. The number of nitrogens with zero attached hydrogens (tertiary/aromatic N) is 2. The van der Waals surface area contributed by atoms with E-state index in [4.69, 9.17) is 5.11 Å². The van der Waals surface area contributed by atoms with Crippen LogP contribution in [-0.2, 0) is 6.54 Å². The summed E-state index contributed by atoms with van der Waals surface area (Å²) in [6, 6.07) is 4.83. The standard InChI is InChI=1S/C11H10BrN3O3S/c1-2-15-10(18)13-14-11(15)19-8-4-6(9(16)17)3-7(12)5-8/h3-5H,2H2,1H3,(H,13,18)(H,16,17). The molecule has 19 heavy (non-hydrogen) atoms. The van der Waals surface area contributed by atoms with Gasteiger partial charge in [-0.1, -0.05) is 15.9 Å². The van der Waals surface area contributed by atoms with Crippen LogP contribution in [0.25, 0.3) is 0 Å². The minimum Gasteiger partial charge on any atom is -0.478 e. The third-order valence-electron chi connectivity index (χ3n) is 2.37. The van der Waals surface area contributed by atoms with E-state index < -0.39 is 5.97 Å². The maximum absolute atomic E-state index is 11.4. The van der Waals surface area contributed by atoms with Crippen molar-refractivity contribution in [2.45, 2.75) is 23.5 Å². The largest absolute Gasteiger partial charge is 0.478 e. The first-order chi connectivity index (χ1) is 9.01. The van der Waals surface area contributed by atoms with Crippen molar-refractivity contribution in [2.24, 2.45) is 0 Å². The van der Waals surface area contributed by atoms with Gasteiger partial charge in [0, 0.05) is 15.9 Å². The van der Waals surface area contributed by atoms with Crippen molar-refractivity contribution in [2.75, 3.05) is 0 Å². The fourth-order valence-electron chi connectivity index (χ4n) is 1.51. The van der Waals surface area contributed by atoms with Gasteiger partial charge in [0.2, 0.25) is 0 Å². The monoisotopic (exact) mass is 343 g/mol. The third-order valence-corrected chi connectivity index (χ3v) is 3.79. The van der Waals surface area contributed by atoms with Crippen LogP contribution < -0.4 is 5.69 Å². The molecule has 0 unspecified atom stereocenters. The fraction of sp³-hybridized carbons (Fsp3) is 0.182. The van der Waals surface area contributed by atoms with Crippen molar-refractivity contribution in [1.29, 1.82) is 0 Å². The molecular formula is C11H10BrN3O3S. The predicted octanol–water partition coefficient (Wildman–Crippen LogP) is 2.20. The van der Waals surface area contributed by atoms with Crippen LogP contribution in [0.2, 0.25) is 0 Å². The van der Waals surface area contributed by atoms with E-state index >= 15 is 0 Å². The summed E-state index contributed by atoms with van der Waals surface area (Å²) in [5.74, 6) is -1.00. The molecular weight excluding hydrogens is 334 g/mol. The fourth-order valence-corrected chi connectivity index (χ4v) is 3.15. The van der Waals surface area contributed by atoms with Crippen molar-refractivity contribution in [3.63, 3.8) is 0 Å². The highest BCUT2D eigenvalue weighted by atomic mass is 79.9. The van der Waals surface area contributed by atoms with Gasteiger partial charge in [0.1, 0.15) is 0 Å². The summed E-state index contributed by atoms with van der Waals surface area (Å²) in [5.41, 5.74) is -0.101. The molecule has 0 bridgehead atoms. The number of aromatic carboxylic acids is 1. The van der Waals surface area contributed by atoms with E-state index in [2.05, 4.69) is 26.1 Å². The summed E-state index contributed by atoms with van der Waals surface area (Å²) in [5, 5.41) is 15.8. The zero-order chi connectivity index (χ0) is 14.0. The first kappa shape index (κ1) is 13.9. The summed E-state index contributed by atoms with van der Waals surface area (Å²) in [4.78, 5) is 23.1. The molecule has 0 aliphatic rings. The molecule has 0 fully saturated rings. The van der Waals surface area contributed by atoms with Crippen LogP contribution in [0.5, 0.6) is 0 Å². The van der Waals surface area contributed by atoms with Gasteiger partial charge in [-0.2, -0.15) is 0 Å². The minimum absolute atomic E-state index is 0.179. The maximum Gasteiger partial charge on any atom is 0.343 e. The van der Waals surface area contributed by atoms with Crippen molar-refractivity contribution < 1.29 is 9.90 Å². The number of aromatic amines is 1. The molecule has 1 aromatic carbocycles. The highest BCUT2D eigenvalue weighted by molar-refractivity contribution is 9.10. The molecule has 0 spiro atoms. The SMILES string of the molecule is CCn1c(Sc2cc(Br)cc(C(=O)O)c2)n[nH]c1=O. The van der Waals surface area contributed by atoms with Crippen LogP contribution in [0.15, 0.2) is 37.5 Å². The van der Waals surface area contributed by atoms with E-state index in [1.54, 1.807) is 6.07 Å². The molecule has 0 aliphatic heterocycles. The number of H-pyrrole nitrogens is 1. The molecule has 2 N–H and O–H groups in total. The van der Waals surface area contributed by atoms with Crippen LogP contribution in [0.3, 0.4) is 0 Å². The second kappa shape index (κ2) is 5.62. The van der Waals surface area contributed by atoms with Gasteiger partial charge < -0.3 is 5.11 Å². The van der Waals surface area contributed by atoms with Gasteiger partial charge in [-0.15, -0.1) is 5.10 Å². The molecule has 1 aromatic heterocycles. The molecule has 0 radical (unpaired) electrons. The molecule has 0 saturated carbocycles. The van der Waals surface area contributed by atoms with Gasteiger partial charge >= 0.3 is 11.7 Å². The molecule has 1 heterocycles. The van der Waals surface area contributed by atoms with E-state index in [-0.39, 0.29) is 11.3 Å². The lowest BCUT2D eigenvalue weighted by Crippen LogP contribution is -2.16. The number of carboxylic acids is 1. The van der Waals surface area contributed by atoms with Gasteiger partial charge in [0.05, 0.1) is 5.56 Å². The molecule has 0 atom stereocenters. The number of halogens is 1. The topological polar surface area (TPSA) is 88.0 Å². The quantitative estimate of drug-likeness (QED) is 0.888. The number of hydrogen-bond donors (Lipinski definition) is 2. The number of carbonyl (C=O) groups is 1. The van der Waals surface area contributed by atoms with Crippen molar-refractivity contribution in [3.05, 3.63) is 38.7 Å². The summed E-state index contributed by atoms with van der Waals surface area (Å²) < 4.78 is 2.14. The molecule has 0 saturated heterocycles. The van der Waals surface area contributed by atoms with Gasteiger partial charge in [-0.3, -0.25) is 4.57 Å². The lowest BCUT2D eigenvalue weighted by Gasteiger charge is -2.04. The molecule has 0 aliphatic carbocycles. The number of benzene rings is 1. The van der Waals surface area contributed by atoms with Crippen LogP contribution in [0, 0.1) is 0 Å². The Morgan fingerprint density at radius 2 is 2.26 bits per heavy atom. The lowest BCUT2D eigenvalue weighted by molar-refractivity contribution is 0.0696. The van der Waals surface area contributed by atoms with E-state index in [0.29, 0.717) is 21.1 Å². The average Bonchev–Trinajstić information content (AvgIpc) is 2.69. The van der Waals surface area contributed by atoms with Gasteiger partial charge in [0.15, 0.2) is 5.16 Å². The summed E-state index contributed by atoms with van der Waals surface area (Å²) in [6.07, 6.45) is 0. The lowest BCUT2D eigenvalue weighted by atomic mass is 10.2. The summed E-state index contributed by atoms with van der Waals surface area (Å²) in [6.45, 7) is 2.34. The highest BCUT2D eigenvalue weighted by Crippen LogP contribution is 2.29. The van der Waals surface area contributed by atoms with E-state index in [9.17, 15) is 9.59 Å². The Morgan fingerprint density at radius 3 is 2.89 bits per heavy atom. The Kier molecular flexibility index (Phi) is 4.11. The third kappa shape index (κ3) is 3.07. The van der Waals surface area contributed by atoms with Gasteiger partial charge in [-0.05, 0) is 36.9 Å². The van der Waals surface area contributed by atoms with Gasteiger partial charge in [-0.25, -0.2) is 14.7 Å². The highest BCUT2D eigenvalue weighted by Gasteiger charge is 2.11. The normalized spacial score (nSPS) is 10.6. The van der Waals surface area contributed by atoms with E-state index in [0.717, 1.165) is 0 Å². The zero-order valence-corrected chi connectivity index (χ0v) is 12.3. The number of carboxylic acid groups (broad SMARTS) is 1. The Labute approximate surface area is 121 Å². The number of nitrogens with one attached hydrogen (secondary N) is 1. The number of hydrogen-bond acceptors (Lipinski definition) is 4. The van der Waals surface area contributed by atoms with Crippen LogP contribution in [0.4, 0.5) is 0 Å². The maximum atomic E-state index is 11.4. The van der Waals surface area contributed by atoms with Crippen molar-refractivity contribution in [3.8, 4) is 0 Å². The molecule has 8 heteroatoms. The predicted molar refractivity (Wildman–Crippen MR) is 73.7 cm³/mol. The number of rotatable bonds is 4. The Balaban J connectivity index is 2.38. The molecule has 2 rings (SSSR count). The number of aromatic nitrogens is 3. The summed E-state index contributed by atoms with van der Waals surface area (Å²) in [7, 11) is 0. The Bertz CT molecular complexity index is 680. The first-order valence-electron chi connectivity index (χ1n) is 5.38.